The maximum absolute atomic E-state index is 14.8. The highest BCUT2D eigenvalue weighted by atomic mass is 35.5. The van der Waals surface area contributed by atoms with E-state index in [1.807, 2.05) is 130 Å². The quantitative estimate of drug-likeness (QED) is 0.0267. The van der Waals surface area contributed by atoms with Crippen molar-refractivity contribution in [1.29, 1.82) is 0 Å². The van der Waals surface area contributed by atoms with Crippen LogP contribution < -0.4 is 81.5 Å². The summed E-state index contributed by atoms with van der Waals surface area (Å²) in [5.74, 6) is -1.82. The summed E-state index contributed by atoms with van der Waals surface area (Å²) in [4.78, 5) is 107. The zero-order valence-corrected chi connectivity index (χ0v) is 79.5. The molecule has 0 bridgehead atoms. The number of hydrogen-bond donors (Lipinski definition) is 12. The van der Waals surface area contributed by atoms with Crippen molar-refractivity contribution >= 4 is 283 Å². The van der Waals surface area contributed by atoms with E-state index in [0.717, 1.165) is 106 Å². The van der Waals surface area contributed by atoms with Crippen molar-refractivity contribution in [2.24, 2.45) is 20.4 Å². The molecule has 4 aliphatic heterocycles. The molecule has 692 valence electrons. The Morgan fingerprint density at radius 2 is 0.672 bits per heavy atom. The summed E-state index contributed by atoms with van der Waals surface area (Å²) in [6.07, 6.45) is 2.82. The lowest BCUT2D eigenvalue weighted by molar-refractivity contribution is -0.117. The largest absolute Gasteiger partial charge is 0.388 e. The van der Waals surface area contributed by atoms with Gasteiger partial charge in [0.2, 0.25) is 0 Å². The number of halogens is 6. The first kappa shape index (κ1) is 98.0. The highest BCUT2D eigenvalue weighted by Gasteiger charge is 2.34. The number of rotatable bonds is 24. The molecule has 0 atom stereocenters. The summed E-state index contributed by atoms with van der Waals surface area (Å²) in [6.45, 7) is 0. The molecule has 9 heterocycles. The lowest BCUT2D eigenvalue weighted by atomic mass is 10.1. The molecule has 16 rings (SSSR count). The van der Waals surface area contributed by atoms with E-state index in [0.29, 0.717) is 44.2 Å². The Kier molecular flexibility index (Phi) is 31.1. The number of hydrogen-bond acceptors (Lipinski definition) is 30. The molecule has 7 aromatic carbocycles. The maximum atomic E-state index is 14.8. The van der Waals surface area contributed by atoms with E-state index in [4.69, 9.17) is 58.0 Å². The van der Waals surface area contributed by atoms with Gasteiger partial charge in [-0.3, -0.25) is 24.5 Å². The van der Waals surface area contributed by atoms with Gasteiger partial charge in [-0.2, -0.15) is 35.4 Å². The SMILES string of the molecule is CNc1ccc(C2=NN(c3ccc(NC(=O)NS(=O)(=O)c4ccc(Cl)s4)cc3)C(=O)C2)cc1.CNc1ccc(C2=NN(c3ccc(NC(=O)NS(=O)(=O)c4ccc(Cl)s4)cc3Cl)C(=O)C2)cc1.CNc1ccc(C2=NN(c3ccc(NC(=O)NS(=O)(=O)c4ccc(Cl)s4)cc3F)C(=O)C2)cc1.CNc1cccc(C2=NN(c3cnc(NC(=O)NS(=O)(=O)c4ccc(Cl)s4)cn3)C(=O)C2)c1. The maximum Gasteiger partial charge on any atom is 0.334 e. The average Bonchev–Trinajstić information content (AvgIpc) is 1.65. The van der Waals surface area contributed by atoms with E-state index in [1.54, 1.807) is 38.4 Å². The summed E-state index contributed by atoms with van der Waals surface area (Å²) in [6, 6.07) is 51.0. The molecule has 0 aliphatic carbocycles. The molecule has 12 amide bonds. The van der Waals surface area contributed by atoms with Gasteiger partial charge < -0.3 is 37.2 Å². The van der Waals surface area contributed by atoms with Crippen LogP contribution in [0.1, 0.15) is 47.9 Å². The van der Waals surface area contributed by atoms with Crippen molar-refractivity contribution in [1.82, 2.24) is 28.9 Å². The molecule has 0 spiro atoms. The second-order valence-electron chi connectivity index (χ2n) is 27.6. The van der Waals surface area contributed by atoms with Gasteiger partial charge in [0.15, 0.2) is 17.5 Å². The number of sulfonamides is 4. The zero-order chi connectivity index (χ0) is 96.1. The minimum absolute atomic E-state index is 0.00530. The van der Waals surface area contributed by atoms with Crippen LogP contribution in [0.5, 0.6) is 0 Å². The summed E-state index contributed by atoms with van der Waals surface area (Å²) in [7, 11) is -9.07. The number of carbonyl (C=O) groups excluding carboxylic acids is 8. The van der Waals surface area contributed by atoms with Gasteiger partial charge in [0.1, 0.15) is 22.5 Å². The lowest BCUT2D eigenvalue weighted by Crippen LogP contribution is -2.34. The monoisotopic (exact) mass is 2070 g/mol. The van der Waals surface area contributed by atoms with Crippen LogP contribution in [-0.2, 0) is 59.3 Å². The van der Waals surface area contributed by atoms with Crippen molar-refractivity contribution in [2.75, 3.05) is 90.8 Å². The van der Waals surface area contributed by atoms with Crippen molar-refractivity contribution in [3.63, 3.8) is 0 Å². The number of urea groups is 4. The van der Waals surface area contributed by atoms with Crippen molar-refractivity contribution in [2.45, 2.75) is 42.5 Å². The molecule has 134 heavy (non-hydrogen) atoms. The van der Waals surface area contributed by atoms with Crippen LogP contribution >= 0.6 is 103 Å². The molecule has 38 nitrogen and oxygen atoms in total. The van der Waals surface area contributed by atoms with Crippen LogP contribution in [0.2, 0.25) is 22.4 Å². The fourth-order valence-electron chi connectivity index (χ4n) is 12.2. The molecular weight excluding hydrogens is 2000 g/mol. The van der Waals surface area contributed by atoms with Gasteiger partial charge >= 0.3 is 24.1 Å². The van der Waals surface area contributed by atoms with Gasteiger partial charge in [-0.25, -0.2) is 91.1 Å². The first-order valence-electron chi connectivity index (χ1n) is 38.4. The number of hydrazone groups is 4. The third kappa shape index (κ3) is 24.8. The Morgan fingerprint density at radius 3 is 1.04 bits per heavy atom. The Morgan fingerprint density at radius 1 is 0.336 bits per heavy atom. The van der Waals surface area contributed by atoms with Crippen LogP contribution in [0, 0.1) is 5.82 Å². The van der Waals surface area contributed by atoms with Gasteiger partial charge in [0.05, 0.1) is 94.7 Å². The third-order valence-corrected chi connectivity index (χ3v) is 31.1. The summed E-state index contributed by atoms with van der Waals surface area (Å²) < 4.78 is 121. The fraction of sp³-hybridized carbons (Fsp3) is 0.0976. The first-order valence-corrected chi connectivity index (χ1v) is 49.5. The lowest BCUT2D eigenvalue weighted by Gasteiger charge is -2.15. The van der Waals surface area contributed by atoms with Gasteiger partial charge in [0.25, 0.3) is 63.7 Å². The average molecular weight is 2070 g/mol. The zero-order valence-electron chi connectivity index (χ0n) is 69.2. The Bertz CT molecular complexity index is 6990. The van der Waals surface area contributed by atoms with E-state index < -0.39 is 75.9 Å². The van der Waals surface area contributed by atoms with Crippen LogP contribution in [0.4, 0.5) is 92.1 Å². The van der Waals surface area contributed by atoms with E-state index in [1.165, 1.54) is 101 Å². The number of nitrogens with one attached hydrogen (secondary N) is 12. The minimum atomic E-state index is -4.13. The predicted molar refractivity (Wildman–Crippen MR) is 520 cm³/mol. The molecule has 0 saturated carbocycles. The van der Waals surface area contributed by atoms with Crippen LogP contribution in [0.15, 0.2) is 256 Å². The van der Waals surface area contributed by atoms with Gasteiger partial charge in [0, 0.05) is 73.6 Å². The predicted octanol–water partition coefficient (Wildman–Crippen LogP) is 16.0. The molecule has 52 heteroatoms. The first-order chi connectivity index (χ1) is 63.8. The van der Waals surface area contributed by atoms with Crippen LogP contribution in [0.3, 0.4) is 0 Å². The Labute approximate surface area is 803 Å². The molecule has 0 unspecified atom stereocenters. The van der Waals surface area contributed by atoms with Gasteiger partial charge in [-0.15, -0.1) is 45.3 Å². The smallest absolute Gasteiger partial charge is 0.334 e. The minimum Gasteiger partial charge on any atom is -0.388 e. The number of aromatic nitrogens is 2. The molecule has 0 saturated heterocycles. The molecule has 0 fully saturated rings. The van der Waals surface area contributed by atoms with Crippen molar-refractivity contribution in [3.8, 4) is 0 Å². The normalized spacial score (nSPS) is 13.6. The van der Waals surface area contributed by atoms with Crippen molar-refractivity contribution < 1.29 is 76.4 Å². The molecule has 0 radical (unpaired) electrons. The molecule has 12 aromatic rings. The van der Waals surface area contributed by atoms with Crippen LogP contribution in [0.25, 0.3) is 0 Å². The van der Waals surface area contributed by atoms with E-state index >= 15 is 0 Å². The fourth-order valence-corrected chi connectivity index (χ4v) is 22.0. The van der Waals surface area contributed by atoms with Gasteiger partial charge in [-0.1, -0.05) is 107 Å². The number of anilines is 12. The highest BCUT2D eigenvalue weighted by Crippen LogP contribution is 2.37. The van der Waals surface area contributed by atoms with Crippen molar-refractivity contribution in [3.05, 3.63) is 269 Å². The Balaban J connectivity index is 0.000000152. The Hall–Kier alpha value is -13.6. The number of carbonyl (C=O) groups is 8. The highest BCUT2D eigenvalue weighted by molar-refractivity contribution is 7.93. The second-order valence-corrected chi connectivity index (χ2v) is 42.5. The third-order valence-electron chi connectivity index (χ3n) is 18.6. The summed E-state index contributed by atoms with van der Waals surface area (Å²) >= 11 is 32.6. The van der Waals surface area contributed by atoms with E-state index in [9.17, 15) is 76.4 Å². The van der Waals surface area contributed by atoms with Gasteiger partial charge in [-0.05, 0) is 174 Å². The number of thiophene rings is 4. The summed E-state index contributed by atoms with van der Waals surface area (Å²) in [5, 5.41) is 43.6. The molecule has 5 aromatic heterocycles. The number of amides is 12. The number of nitrogens with zero attached hydrogens (tertiary/aromatic N) is 10. The van der Waals surface area contributed by atoms with E-state index in [-0.39, 0.29) is 107 Å². The van der Waals surface area contributed by atoms with Crippen LogP contribution in [-0.4, -0.2) is 142 Å². The topological polar surface area (TPSA) is 506 Å². The number of benzene rings is 7. The summed E-state index contributed by atoms with van der Waals surface area (Å²) in [5.41, 5.74) is 10.5. The molecule has 4 aliphatic rings. The molecule has 12 N–H and O–H groups in total. The second kappa shape index (κ2) is 42.5. The molecular formula is C82H68Cl5FN22O16S8. The standard InChI is InChI=1S/C21H17Cl2N5O4S2.C21H17ClFN5O4S2.C21H18ClN5O4S2.C19H16ClN7O4S2/c1-24-13-4-2-12(3-5-13)16-11-19(29)28(26-16)17-7-6-14(10-15(17)22)25-21(30)27-34(31,32)20-9-8-18(23)33-20;1-24-13-4-2-12(3-5-13)16-11-19(29)28(26-16)17-7-6-14(10-15(17)23)25-21(30)27-34(31,32)20-9-8-18(22)33-20;1-23-14-4-2-13(3-5-14)17-12-19(28)27(25-17)16-8-6-15(7-9-16)24-21(29)26-33(30,31)20-11-10-18(22)32-20;1-21-12-4-2-3-11(7-12)13-8-17(28)27(25-13)16-10-22-15(9-23-16)24-19(29)26-33(30,31)18-6-5-14(20)32-18/h2*2-10,24H,11H2,1H3,(H2,25,27,30);2-11,23H,12H2,1H3,(H2,24,26,29);2-7,9-10,21H,8H2,1H3,(H2,22,24,26,29). The van der Waals surface area contributed by atoms with E-state index in [2.05, 4.69) is 72.9 Å².